The molecule has 2 aromatic rings. The standard InChI is InChI=1S/C27H40N6O6/c1-6-19(7-2)13-29-23(34)15-33-12-8-9-21(27(33)38)31-25(36)20(10-11-24(35)39-16-18(3)4)30-26(37)22-14-28-17-32(22)5/h8-9,12,14,17-20H,6-7,10-11,13,15-16H2,1-5H3,(H,29,34)(H,30,37)(H,31,36)/t20-/m0/s1. The lowest BCUT2D eigenvalue weighted by Crippen LogP contribution is -2.45. The number of nitrogens with zero attached hydrogens (tertiary/aromatic N) is 3. The van der Waals surface area contributed by atoms with Gasteiger partial charge >= 0.3 is 5.97 Å². The molecule has 0 saturated heterocycles. The maximum atomic E-state index is 13.2. The summed E-state index contributed by atoms with van der Waals surface area (Å²) >= 11 is 0. The lowest BCUT2D eigenvalue weighted by Gasteiger charge is -2.19. The van der Waals surface area contributed by atoms with E-state index in [1.165, 1.54) is 40.0 Å². The van der Waals surface area contributed by atoms with Crippen molar-refractivity contribution in [2.24, 2.45) is 18.9 Å². The predicted octanol–water partition coefficient (Wildman–Crippen LogP) is 1.85. The molecule has 1 atom stereocenters. The van der Waals surface area contributed by atoms with Gasteiger partial charge < -0.3 is 29.8 Å². The Morgan fingerprint density at radius 2 is 1.85 bits per heavy atom. The summed E-state index contributed by atoms with van der Waals surface area (Å²) in [5.74, 6) is -1.55. The summed E-state index contributed by atoms with van der Waals surface area (Å²) in [4.78, 5) is 67.4. The van der Waals surface area contributed by atoms with Crippen LogP contribution >= 0.6 is 0 Å². The summed E-state index contributed by atoms with van der Waals surface area (Å²) in [5, 5.41) is 7.99. The summed E-state index contributed by atoms with van der Waals surface area (Å²) in [7, 11) is 1.63. The fraction of sp³-hybridized carbons (Fsp3) is 0.556. The normalized spacial score (nSPS) is 11.8. The molecule has 0 bridgehead atoms. The van der Waals surface area contributed by atoms with Crippen molar-refractivity contribution < 1.29 is 23.9 Å². The van der Waals surface area contributed by atoms with E-state index < -0.39 is 29.4 Å². The number of hydrogen-bond donors (Lipinski definition) is 3. The minimum atomic E-state index is -1.14. The Hall–Kier alpha value is -3.96. The van der Waals surface area contributed by atoms with Crippen molar-refractivity contribution in [1.82, 2.24) is 24.8 Å². The topological polar surface area (TPSA) is 153 Å². The second-order valence-corrected chi connectivity index (χ2v) is 9.86. The molecule has 12 nitrogen and oxygen atoms in total. The quantitative estimate of drug-likeness (QED) is 0.289. The molecule has 12 heteroatoms. The molecular weight excluding hydrogens is 504 g/mol. The Morgan fingerprint density at radius 1 is 1.13 bits per heavy atom. The van der Waals surface area contributed by atoms with E-state index in [1.807, 2.05) is 13.8 Å². The average molecular weight is 545 g/mol. The molecule has 0 unspecified atom stereocenters. The molecule has 3 amide bonds. The molecule has 214 valence electrons. The van der Waals surface area contributed by atoms with E-state index in [0.29, 0.717) is 12.5 Å². The zero-order valence-corrected chi connectivity index (χ0v) is 23.4. The second kappa shape index (κ2) is 15.5. The number of imidazole rings is 1. The molecule has 0 spiro atoms. The van der Waals surface area contributed by atoms with Gasteiger partial charge in [-0.1, -0.05) is 40.5 Å². The first kappa shape index (κ1) is 31.3. The number of anilines is 1. The third-order valence-electron chi connectivity index (χ3n) is 6.22. The van der Waals surface area contributed by atoms with Crippen molar-refractivity contribution in [2.75, 3.05) is 18.5 Å². The van der Waals surface area contributed by atoms with E-state index in [2.05, 4.69) is 34.8 Å². The van der Waals surface area contributed by atoms with Gasteiger partial charge in [0, 0.05) is 26.2 Å². The van der Waals surface area contributed by atoms with Gasteiger partial charge in [0.2, 0.25) is 11.8 Å². The van der Waals surface area contributed by atoms with Crippen molar-refractivity contribution in [2.45, 2.75) is 66.0 Å². The first-order chi connectivity index (χ1) is 18.5. The highest BCUT2D eigenvalue weighted by atomic mass is 16.5. The van der Waals surface area contributed by atoms with E-state index >= 15 is 0 Å². The molecule has 2 heterocycles. The molecule has 0 radical (unpaired) electrons. The van der Waals surface area contributed by atoms with Crippen LogP contribution in [-0.4, -0.2) is 57.0 Å². The maximum absolute atomic E-state index is 13.2. The van der Waals surface area contributed by atoms with E-state index in [-0.39, 0.29) is 49.2 Å². The number of aromatic nitrogens is 3. The number of carbonyl (C=O) groups excluding carboxylic acids is 4. The van der Waals surface area contributed by atoms with Gasteiger partial charge in [-0.25, -0.2) is 4.98 Å². The van der Waals surface area contributed by atoms with Crippen LogP contribution in [0.15, 0.2) is 35.6 Å². The van der Waals surface area contributed by atoms with Crippen LogP contribution in [0.4, 0.5) is 5.69 Å². The first-order valence-electron chi connectivity index (χ1n) is 13.2. The Labute approximate surface area is 228 Å². The van der Waals surface area contributed by atoms with Crippen molar-refractivity contribution in [3.8, 4) is 0 Å². The number of rotatable bonds is 15. The predicted molar refractivity (Wildman–Crippen MR) is 146 cm³/mol. The SMILES string of the molecule is CCC(CC)CNC(=O)Cn1cccc(NC(=O)[C@H](CCC(=O)OCC(C)C)NC(=O)c2cncn2C)c1=O. The van der Waals surface area contributed by atoms with Crippen LogP contribution in [0.3, 0.4) is 0 Å². The van der Waals surface area contributed by atoms with Gasteiger partial charge in [0.25, 0.3) is 11.5 Å². The van der Waals surface area contributed by atoms with Crippen LogP contribution < -0.4 is 21.5 Å². The van der Waals surface area contributed by atoms with E-state index in [1.54, 1.807) is 7.05 Å². The first-order valence-corrected chi connectivity index (χ1v) is 13.2. The number of nitrogens with one attached hydrogen (secondary N) is 3. The largest absolute Gasteiger partial charge is 0.465 e. The Morgan fingerprint density at radius 3 is 2.46 bits per heavy atom. The number of carbonyl (C=O) groups is 4. The number of esters is 1. The molecule has 0 fully saturated rings. The van der Waals surface area contributed by atoms with Crippen molar-refractivity contribution in [1.29, 1.82) is 0 Å². The summed E-state index contributed by atoms with van der Waals surface area (Å²) in [6, 6.07) is 1.81. The van der Waals surface area contributed by atoms with Crippen LogP contribution in [0.1, 0.15) is 63.9 Å². The number of hydrogen-bond acceptors (Lipinski definition) is 7. The molecule has 0 saturated carbocycles. The summed E-state index contributed by atoms with van der Waals surface area (Å²) in [6.07, 6.45) is 5.96. The lowest BCUT2D eigenvalue weighted by atomic mass is 10.0. The summed E-state index contributed by atoms with van der Waals surface area (Å²) in [6.45, 7) is 8.48. The number of pyridine rings is 1. The zero-order chi connectivity index (χ0) is 28.9. The van der Waals surface area contributed by atoms with Gasteiger partial charge in [0.1, 0.15) is 24.0 Å². The lowest BCUT2D eigenvalue weighted by molar-refractivity contribution is -0.145. The van der Waals surface area contributed by atoms with Gasteiger partial charge in [-0.2, -0.15) is 0 Å². The molecule has 0 aliphatic carbocycles. The highest BCUT2D eigenvalue weighted by Gasteiger charge is 2.25. The van der Waals surface area contributed by atoms with Gasteiger partial charge in [-0.3, -0.25) is 24.0 Å². The molecule has 39 heavy (non-hydrogen) atoms. The third kappa shape index (κ3) is 10.0. The van der Waals surface area contributed by atoms with E-state index in [4.69, 9.17) is 4.74 Å². The molecule has 3 N–H and O–H groups in total. The third-order valence-corrected chi connectivity index (χ3v) is 6.22. The van der Waals surface area contributed by atoms with E-state index in [0.717, 1.165) is 12.8 Å². The zero-order valence-electron chi connectivity index (χ0n) is 23.4. The van der Waals surface area contributed by atoms with Crippen LogP contribution in [0.2, 0.25) is 0 Å². The number of ether oxygens (including phenoxy) is 1. The minimum Gasteiger partial charge on any atom is -0.465 e. The smallest absolute Gasteiger partial charge is 0.305 e. The minimum absolute atomic E-state index is 0.0498. The summed E-state index contributed by atoms with van der Waals surface area (Å²) in [5.41, 5.74) is -0.411. The molecule has 0 aliphatic rings. The van der Waals surface area contributed by atoms with Gasteiger partial charge in [0.15, 0.2) is 0 Å². The molecule has 2 aromatic heterocycles. The second-order valence-electron chi connectivity index (χ2n) is 9.86. The number of aryl methyl sites for hydroxylation is 1. The Balaban J connectivity index is 2.13. The van der Waals surface area contributed by atoms with Crippen molar-refractivity contribution in [3.05, 3.63) is 46.9 Å². The van der Waals surface area contributed by atoms with Crippen molar-refractivity contribution in [3.63, 3.8) is 0 Å². The molecule has 2 rings (SSSR count). The highest BCUT2D eigenvalue weighted by molar-refractivity contribution is 6.00. The van der Waals surface area contributed by atoms with Crippen molar-refractivity contribution >= 4 is 29.4 Å². The monoisotopic (exact) mass is 544 g/mol. The van der Waals surface area contributed by atoms with Crippen LogP contribution in [0.5, 0.6) is 0 Å². The fourth-order valence-corrected chi connectivity index (χ4v) is 3.69. The molecular formula is C27H40N6O6. The van der Waals surface area contributed by atoms with Gasteiger partial charge in [-0.05, 0) is 30.4 Å². The fourth-order valence-electron chi connectivity index (χ4n) is 3.69. The van der Waals surface area contributed by atoms with Gasteiger partial charge in [0.05, 0.1) is 19.1 Å². The summed E-state index contributed by atoms with van der Waals surface area (Å²) < 4.78 is 7.87. The Kier molecular flexibility index (Phi) is 12.4. The van der Waals surface area contributed by atoms with Crippen LogP contribution in [0.25, 0.3) is 0 Å². The van der Waals surface area contributed by atoms with Crippen LogP contribution in [0, 0.1) is 11.8 Å². The molecule has 0 aliphatic heterocycles. The highest BCUT2D eigenvalue weighted by Crippen LogP contribution is 2.08. The van der Waals surface area contributed by atoms with Gasteiger partial charge in [-0.15, -0.1) is 0 Å². The maximum Gasteiger partial charge on any atom is 0.305 e. The molecule has 0 aromatic carbocycles. The average Bonchev–Trinajstić information content (AvgIpc) is 3.33. The van der Waals surface area contributed by atoms with E-state index in [9.17, 15) is 24.0 Å². The van der Waals surface area contributed by atoms with Crippen LogP contribution in [-0.2, 0) is 32.7 Å². The Bertz CT molecular complexity index is 1180. The number of amides is 3.